The summed E-state index contributed by atoms with van der Waals surface area (Å²) in [4.78, 5) is 2.73. The van der Waals surface area contributed by atoms with Crippen molar-refractivity contribution in [2.45, 2.75) is 113 Å². The van der Waals surface area contributed by atoms with Crippen LogP contribution in [0.3, 0.4) is 0 Å². The molecule has 2 unspecified atom stereocenters. The molecule has 8 saturated carbocycles. The lowest BCUT2D eigenvalue weighted by molar-refractivity contribution is -0.00529. The third-order valence-electron chi connectivity index (χ3n) is 14.5. The van der Waals surface area contributed by atoms with Gasteiger partial charge in [-0.3, -0.25) is 0 Å². The maximum absolute atomic E-state index is 2.73. The largest absolute Gasteiger partial charge is 0.338 e. The van der Waals surface area contributed by atoms with Gasteiger partial charge < -0.3 is 4.90 Å². The minimum absolute atomic E-state index is 0.455. The Hall–Kier alpha value is -2.80. The van der Waals surface area contributed by atoms with E-state index in [2.05, 4.69) is 95.9 Å². The summed E-state index contributed by atoms with van der Waals surface area (Å²) < 4.78 is 0. The van der Waals surface area contributed by atoms with Crippen molar-refractivity contribution in [2.75, 3.05) is 4.90 Å². The summed E-state index contributed by atoms with van der Waals surface area (Å²) in [5, 5.41) is 0. The highest BCUT2D eigenvalue weighted by atomic mass is 15.2. The number of allylic oxidation sites excluding steroid dienone is 1. The number of hydrogen-bond donors (Lipinski definition) is 0. The lowest BCUT2D eigenvalue weighted by Gasteiger charge is -2.57. The van der Waals surface area contributed by atoms with Gasteiger partial charge in [0.25, 0.3) is 0 Å². The first-order chi connectivity index (χ1) is 22.1. The lowest BCUT2D eigenvalue weighted by atomic mass is 9.48. The summed E-state index contributed by atoms with van der Waals surface area (Å²) in [5.74, 6) is 6.41. The van der Waals surface area contributed by atoms with E-state index in [0.29, 0.717) is 22.8 Å². The number of anilines is 2. The molecule has 0 saturated heterocycles. The van der Waals surface area contributed by atoms with E-state index in [-0.39, 0.29) is 0 Å². The van der Waals surface area contributed by atoms with Crippen LogP contribution in [0.5, 0.6) is 0 Å². The van der Waals surface area contributed by atoms with Crippen molar-refractivity contribution in [2.24, 2.45) is 35.5 Å². The molecular weight excluding hydrogens is 542 g/mol. The molecule has 0 spiro atoms. The predicted molar refractivity (Wildman–Crippen MR) is 186 cm³/mol. The van der Waals surface area contributed by atoms with Crippen molar-refractivity contribution in [3.05, 3.63) is 108 Å². The Morgan fingerprint density at radius 1 is 0.467 bits per heavy atom. The molecule has 1 heteroatoms. The Kier molecular flexibility index (Phi) is 6.29. The van der Waals surface area contributed by atoms with Crippen LogP contribution in [0.4, 0.5) is 11.4 Å². The summed E-state index contributed by atoms with van der Waals surface area (Å²) in [6.07, 6.45) is 25.0. The highest BCUT2D eigenvalue weighted by molar-refractivity contribution is 5.66. The average Bonchev–Trinajstić information content (AvgIpc) is 3.05. The summed E-state index contributed by atoms with van der Waals surface area (Å²) in [6.45, 7) is 0. The zero-order chi connectivity index (χ0) is 29.6. The van der Waals surface area contributed by atoms with Gasteiger partial charge >= 0.3 is 0 Å². The number of rotatable bonds is 6. The van der Waals surface area contributed by atoms with Crippen LogP contribution in [-0.2, 0) is 10.8 Å². The van der Waals surface area contributed by atoms with Gasteiger partial charge in [0.15, 0.2) is 0 Å². The van der Waals surface area contributed by atoms with Crippen molar-refractivity contribution in [1.29, 1.82) is 0 Å². The van der Waals surface area contributed by atoms with Gasteiger partial charge in [0, 0.05) is 23.3 Å². The summed E-state index contributed by atoms with van der Waals surface area (Å²) in [7, 11) is 0. The summed E-state index contributed by atoms with van der Waals surface area (Å²) in [6, 6.07) is 31.9. The first kappa shape index (κ1) is 27.3. The molecule has 12 rings (SSSR count). The van der Waals surface area contributed by atoms with Crippen molar-refractivity contribution in [1.82, 2.24) is 0 Å². The van der Waals surface area contributed by atoms with Gasteiger partial charge in [-0.15, -0.1) is 0 Å². The van der Waals surface area contributed by atoms with Gasteiger partial charge in [0.05, 0.1) is 0 Å². The smallest absolute Gasteiger partial charge is 0.0413 e. The quantitative estimate of drug-likeness (QED) is 0.257. The lowest BCUT2D eigenvalue weighted by Crippen LogP contribution is -2.48. The molecule has 8 fully saturated rings. The molecule has 3 aromatic rings. The molecule has 9 aliphatic rings. The van der Waals surface area contributed by atoms with E-state index in [1.165, 1.54) is 94.0 Å². The van der Waals surface area contributed by atoms with Crippen LogP contribution in [0, 0.1) is 35.5 Å². The van der Waals surface area contributed by atoms with Crippen molar-refractivity contribution in [3.63, 3.8) is 0 Å². The SMILES string of the molecule is C1=CC(c2ccccc2)CC(N(c2ccc(C34CC5CC(CC(C5)C3)C4)cc2)c2ccc(C34CC5CC(CC(C5)C3)C4)cc2)C1. The zero-order valence-electron chi connectivity index (χ0n) is 27.1. The van der Waals surface area contributed by atoms with Gasteiger partial charge in [-0.2, -0.15) is 0 Å². The second kappa shape index (κ2) is 10.4. The van der Waals surface area contributed by atoms with Gasteiger partial charge in [-0.05, 0) is 177 Å². The fraction of sp³-hybridized carbons (Fsp3) is 0.545. The topological polar surface area (TPSA) is 3.24 Å². The van der Waals surface area contributed by atoms with E-state index in [1.807, 2.05) is 0 Å². The maximum Gasteiger partial charge on any atom is 0.0413 e. The Morgan fingerprint density at radius 2 is 0.889 bits per heavy atom. The zero-order valence-corrected chi connectivity index (χ0v) is 27.1. The molecule has 0 aliphatic heterocycles. The van der Waals surface area contributed by atoms with Gasteiger partial charge in [-0.1, -0.05) is 66.7 Å². The average molecular weight is 594 g/mol. The first-order valence-electron chi connectivity index (χ1n) is 18.8. The first-order valence-corrected chi connectivity index (χ1v) is 18.8. The molecule has 2 atom stereocenters. The van der Waals surface area contributed by atoms with Crippen LogP contribution >= 0.6 is 0 Å². The van der Waals surface area contributed by atoms with Crippen molar-refractivity contribution in [3.8, 4) is 0 Å². The molecule has 0 aromatic heterocycles. The van der Waals surface area contributed by atoms with Gasteiger partial charge in [0.1, 0.15) is 0 Å². The predicted octanol–water partition coefficient (Wildman–Crippen LogP) is 11.3. The third kappa shape index (κ3) is 4.61. The van der Waals surface area contributed by atoms with Crippen LogP contribution in [0.1, 0.15) is 112 Å². The van der Waals surface area contributed by atoms with Crippen molar-refractivity contribution >= 4 is 11.4 Å². The third-order valence-corrected chi connectivity index (χ3v) is 14.5. The molecule has 0 radical (unpaired) electrons. The molecule has 45 heavy (non-hydrogen) atoms. The van der Waals surface area contributed by atoms with Gasteiger partial charge in [0.2, 0.25) is 0 Å². The minimum Gasteiger partial charge on any atom is -0.338 e. The molecule has 0 heterocycles. The number of nitrogens with zero attached hydrogens (tertiary/aromatic N) is 1. The van der Waals surface area contributed by atoms with Crippen molar-refractivity contribution < 1.29 is 0 Å². The molecule has 3 aromatic carbocycles. The molecule has 232 valence electrons. The van der Waals surface area contributed by atoms with Crippen LogP contribution in [0.25, 0.3) is 0 Å². The highest BCUT2D eigenvalue weighted by Crippen LogP contribution is 2.62. The second-order valence-electron chi connectivity index (χ2n) is 17.4. The Labute approximate surface area is 271 Å². The minimum atomic E-state index is 0.455. The van der Waals surface area contributed by atoms with Crippen LogP contribution in [0.2, 0.25) is 0 Å². The molecule has 8 bridgehead atoms. The maximum atomic E-state index is 2.73. The monoisotopic (exact) mass is 593 g/mol. The fourth-order valence-corrected chi connectivity index (χ4v) is 13.5. The van der Waals surface area contributed by atoms with E-state index in [4.69, 9.17) is 0 Å². The fourth-order valence-electron chi connectivity index (χ4n) is 13.5. The summed E-state index contributed by atoms with van der Waals surface area (Å²) in [5.41, 5.74) is 8.44. The van der Waals surface area contributed by atoms with E-state index >= 15 is 0 Å². The van der Waals surface area contributed by atoms with E-state index in [0.717, 1.165) is 48.3 Å². The van der Waals surface area contributed by atoms with Gasteiger partial charge in [-0.25, -0.2) is 0 Å². The second-order valence-corrected chi connectivity index (χ2v) is 17.4. The van der Waals surface area contributed by atoms with Crippen LogP contribution in [-0.4, -0.2) is 6.04 Å². The van der Waals surface area contributed by atoms with E-state index in [1.54, 1.807) is 11.1 Å². The number of hydrogen-bond acceptors (Lipinski definition) is 1. The summed E-state index contributed by atoms with van der Waals surface area (Å²) >= 11 is 0. The normalized spacial score (nSPS) is 40.6. The highest BCUT2D eigenvalue weighted by Gasteiger charge is 2.52. The van der Waals surface area contributed by atoms with E-state index < -0.39 is 0 Å². The standard InChI is InChI=1S/C44H51N/c1-2-5-36(6-3-1)37-7-4-8-42(23-37)45(40-13-9-38(10-14-40)43-24-30-17-31(25-43)19-32(18-30)26-43)41-15-11-39(12-16-41)44-27-33-20-34(28-44)22-35(21-33)29-44/h1-7,9-16,30-35,37,42H,8,17-29H2. The Balaban J connectivity index is 0.985. The molecule has 9 aliphatic carbocycles. The molecule has 0 N–H and O–H groups in total. The van der Waals surface area contributed by atoms with Crippen LogP contribution < -0.4 is 4.90 Å². The molecule has 1 nitrogen and oxygen atoms in total. The van der Waals surface area contributed by atoms with Crippen LogP contribution in [0.15, 0.2) is 91.0 Å². The Bertz CT molecular complexity index is 1400. The Morgan fingerprint density at radius 3 is 1.31 bits per heavy atom. The number of benzene rings is 3. The van der Waals surface area contributed by atoms with E-state index in [9.17, 15) is 0 Å². The molecule has 0 amide bonds. The molecular formula is C44H51N.